The van der Waals surface area contributed by atoms with Crippen LogP contribution in [0.1, 0.15) is 32.1 Å². The second kappa shape index (κ2) is 8.91. The molecule has 0 amide bonds. The van der Waals surface area contributed by atoms with Gasteiger partial charge in [-0.1, -0.05) is 37.5 Å². The van der Waals surface area contributed by atoms with Gasteiger partial charge in [0.15, 0.2) is 5.69 Å². The Kier molecular flexibility index (Phi) is 6.17. The molecule has 1 heterocycles. The first-order valence-electron chi connectivity index (χ1n) is 10.7. The molecule has 174 valence electrons. The first kappa shape index (κ1) is 22.9. The summed E-state index contributed by atoms with van der Waals surface area (Å²) < 4.78 is 29.8. The smallest absolute Gasteiger partial charge is 0.270 e. The summed E-state index contributed by atoms with van der Waals surface area (Å²) in [6, 6.07) is 10.5. The van der Waals surface area contributed by atoms with Gasteiger partial charge in [-0.15, -0.1) is 10.2 Å². The van der Waals surface area contributed by atoms with Crippen molar-refractivity contribution in [1.29, 1.82) is 0 Å². The Bertz CT molecular complexity index is 1340. The van der Waals surface area contributed by atoms with E-state index in [1.807, 2.05) is 12.1 Å². The molecule has 1 saturated carbocycles. The van der Waals surface area contributed by atoms with E-state index in [2.05, 4.69) is 10.2 Å². The molecule has 1 fully saturated rings. The van der Waals surface area contributed by atoms with Crippen LogP contribution in [0, 0.1) is 10.1 Å². The number of nitro groups is 1. The number of sulfonamides is 1. The minimum Gasteiger partial charge on any atom is -0.493 e. The average Bonchev–Trinajstić information content (AvgIpc) is 3.07. The number of aryl methyl sites for hydroxylation is 1. The minimum atomic E-state index is -4.07. The predicted octanol–water partition coefficient (Wildman–Crippen LogP) is 5.16. The van der Waals surface area contributed by atoms with Crippen molar-refractivity contribution in [2.75, 3.05) is 7.05 Å². The van der Waals surface area contributed by atoms with Gasteiger partial charge in [0, 0.05) is 37.7 Å². The van der Waals surface area contributed by atoms with E-state index < -0.39 is 14.9 Å². The van der Waals surface area contributed by atoms with Crippen molar-refractivity contribution in [2.45, 2.75) is 43.0 Å². The molecule has 0 aliphatic heterocycles. The number of nitrogens with zero attached hydrogens (tertiary/aromatic N) is 5. The van der Waals surface area contributed by atoms with Crippen LogP contribution in [-0.4, -0.2) is 40.4 Å². The Balaban J connectivity index is 1.80. The summed E-state index contributed by atoms with van der Waals surface area (Å²) >= 11 is 0. The molecule has 1 aliphatic rings. The zero-order valence-corrected chi connectivity index (χ0v) is 19.2. The highest BCUT2D eigenvalue weighted by atomic mass is 32.2. The van der Waals surface area contributed by atoms with E-state index >= 15 is 0 Å². The van der Waals surface area contributed by atoms with Crippen molar-refractivity contribution in [2.24, 2.45) is 17.3 Å². The summed E-state index contributed by atoms with van der Waals surface area (Å²) in [6.45, 7) is 0. The number of para-hydroxylation sites is 1. The molecule has 10 nitrogen and oxygen atoms in total. The molecule has 3 aromatic rings. The summed E-state index contributed by atoms with van der Waals surface area (Å²) in [5, 5.41) is 30.8. The van der Waals surface area contributed by atoms with Crippen LogP contribution in [0.15, 0.2) is 57.6 Å². The molecule has 1 aliphatic carbocycles. The fourth-order valence-electron chi connectivity index (χ4n) is 4.26. The molecule has 0 radical (unpaired) electrons. The first-order chi connectivity index (χ1) is 15.7. The van der Waals surface area contributed by atoms with Gasteiger partial charge in [0.25, 0.3) is 5.69 Å². The average molecular weight is 472 g/mol. The van der Waals surface area contributed by atoms with Crippen LogP contribution in [0.5, 0.6) is 5.88 Å². The van der Waals surface area contributed by atoms with E-state index in [0.29, 0.717) is 5.39 Å². The molecule has 1 N–H and O–H groups in total. The lowest BCUT2D eigenvalue weighted by molar-refractivity contribution is -0.385. The van der Waals surface area contributed by atoms with E-state index in [0.717, 1.165) is 43.7 Å². The Morgan fingerprint density at radius 2 is 1.82 bits per heavy atom. The van der Waals surface area contributed by atoms with Gasteiger partial charge in [0.2, 0.25) is 15.9 Å². The Morgan fingerprint density at radius 1 is 1.12 bits per heavy atom. The SMILES string of the molecule is CN(C1CCCCC1)S(=O)(=O)c1cc([N+](=O)[O-])ccc1N=Nc1c(O)n(C)c2ccccc12. The molecule has 4 rings (SSSR count). The maximum Gasteiger partial charge on any atom is 0.270 e. The minimum absolute atomic E-state index is 0.0319. The third kappa shape index (κ3) is 4.21. The van der Waals surface area contributed by atoms with Crippen molar-refractivity contribution < 1.29 is 18.4 Å². The third-order valence-corrected chi connectivity index (χ3v) is 8.15. The topological polar surface area (TPSA) is 130 Å². The van der Waals surface area contributed by atoms with Crippen LogP contribution in [0.4, 0.5) is 17.1 Å². The normalized spacial score (nSPS) is 15.6. The standard InChI is InChI=1S/C22H25N5O5S/c1-25-19-11-7-6-10-17(19)21(22(25)28)24-23-18-13-12-16(27(29)30)14-20(18)33(31,32)26(2)15-8-4-3-5-9-15/h6-7,10-15,28H,3-5,8-9H2,1-2H3. The fourth-order valence-corrected chi connectivity index (χ4v) is 5.82. The van der Waals surface area contributed by atoms with Gasteiger partial charge >= 0.3 is 0 Å². The molecule has 0 unspecified atom stereocenters. The number of hydrogen-bond donors (Lipinski definition) is 1. The van der Waals surface area contributed by atoms with Gasteiger partial charge in [-0.25, -0.2) is 8.42 Å². The van der Waals surface area contributed by atoms with Crippen molar-refractivity contribution in [1.82, 2.24) is 8.87 Å². The maximum atomic E-state index is 13.5. The Hall–Kier alpha value is -3.31. The van der Waals surface area contributed by atoms with E-state index in [1.54, 1.807) is 23.7 Å². The number of benzene rings is 2. The quantitative estimate of drug-likeness (QED) is 0.301. The summed E-state index contributed by atoms with van der Waals surface area (Å²) in [5.74, 6) is -0.120. The Labute approximate surface area is 191 Å². The molecule has 11 heteroatoms. The lowest BCUT2D eigenvalue weighted by Gasteiger charge is -2.30. The molecule has 0 atom stereocenters. The lowest BCUT2D eigenvalue weighted by atomic mass is 9.96. The lowest BCUT2D eigenvalue weighted by Crippen LogP contribution is -2.38. The Morgan fingerprint density at radius 3 is 2.52 bits per heavy atom. The number of rotatable bonds is 6. The van der Waals surface area contributed by atoms with Crippen LogP contribution in [0.25, 0.3) is 10.9 Å². The van der Waals surface area contributed by atoms with E-state index in [4.69, 9.17) is 0 Å². The van der Waals surface area contributed by atoms with Crippen molar-refractivity contribution in [3.63, 3.8) is 0 Å². The zero-order chi connectivity index (χ0) is 23.8. The van der Waals surface area contributed by atoms with Gasteiger partial charge in [-0.2, -0.15) is 4.31 Å². The van der Waals surface area contributed by atoms with Gasteiger partial charge in [0.05, 0.1) is 10.4 Å². The van der Waals surface area contributed by atoms with Crippen molar-refractivity contribution >= 4 is 38.0 Å². The first-order valence-corrected chi connectivity index (χ1v) is 12.1. The van der Waals surface area contributed by atoms with Crippen LogP contribution in [0.2, 0.25) is 0 Å². The third-order valence-electron chi connectivity index (χ3n) is 6.21. The largest absolute Gasteiger partial charge is 0.493 e. The number of non-ortho nitro benzene ring substituents is 1. The monoisotopic (exact) mass is 471 g/mol. The molecule has 0 bridgehead atoms. The van der Waals surface area contributed by atoms with Crippen LogP contribution in [0.3, 0.4) is 0 Å². The van der Waals surface area contributed by atoms with Crippen LogP contribution >= 0.6 is 0 Å². The molecule has 2 aromatic carbocycles. The highest BCUT2D eigenvalue weighted by molar-refractivity contribution is 7.89. The molecular weight excluding hydrogens is 446 g/mol. The van der Waals surface area contributed by atoms with Crippen LogP contribution < -0.4 is 0 Å². The molecular formula is C22H25N5O5S. The second-order valence-corrected chi connectivity index (χ2v) is 10.1. The molecule has 33 heavy (non-hydrogen) atoms. The van der Waals surface area contributed by atoms with Crippen molar-refractivity contribution in [3.8, 4) is 5.88 Å². The highest BCUT2D eigenvalue weighted by Gasteiger charge is 2.32. The molecule has 0 saturated heterocycles. The van der Waals surface area contributed by atoms with E-state index in [-0.39, 0.29) is 33.9 Å². The van der Waals surface area contributed by atoms with Gasteiger partial charge in [-0.3, -0.25) is 10.1 Å². The summed E-state index contributed by atoms with van der Waals surface area (Å²) in [4.78, 5) is 10.4. The van der Waals surface area contributed by atoms with Gasteiger partial charge in [-0.05, 0) is 25.0 Å². The molecule has 0 spiro atoms. The summed E-state index contributed by atoms with van der Waals surface area (Å²) in [5.41, 5.74) is 0.543. The number of aromatic hydroxyl groups is 1. The maximum absolute atomic E-state index is 13.5. The number of azo groups is 1. The van der Waals surface area contributed by atoms with E-state index in [9.17, 15) is 23.6 Å². The van der Waals surface area contributed by atoms with E-state index in [1.165, 1.54) is 23.5 Å². The summed E-state index contributed by atoms with van der Waals surface area (Å²) in [6.07, 6.45) is 4.42. The molecule has 1 aromatic heterocycles. The number of hydrogen-bond acceptors (Lipinski definition) is 7. The zero-order valence-electron chi connectivity index (χ0n) is 18.4. The summed E-state index contributed by atoms with van der Waals surface area (Å²) in [7, 11) is -0.890. The van der Waals surface area contributed by atoms with Gasteiger partial charge in [0.1, 0.15) is 10.6 Å². The highest BCUT2D eigenvalue weighted by Crippen LogP contribution is 2.40. The number of aromatic nitrogens is 1. The van der Waals surface area contributed by atoms with Gasteiger partial charge < -0.3 is 9.67 Å². The van der Waals surface area contributed by atoms with Crippen LogP contribution in [-0.2, 0) is 17.1 Å². The number of fused-ring (bicyclic) bond motifs is 1. The van der Waals surface area contributed by atoms with Crippen molar-refractivity contribution in [3.05, 3.63) is 52.6 Å². The fraction of sp³-hybridized carbons (Fsp3) is 0.364. The predicted molar refractivity (Wildman–Crippen MR) is 124 cm³/mol. The number of nitro benzene ring substituents is 1. The second-order valence-electron chi connectivity index (χ2n) is 8.17.